The first kappa shape index (κ1) is 88.8. The van der Waals surface area contributed by atoms with Gasteiger partial charge in [-0.25, -0.2) is 8.96 Å². The second-order valence-corrected chi connectivity index (χ2v) is 36.6. The molecule has 22 heteroatoms. The Balaban J connectivity index is 0.0000000985. The zero-order chi connectivity index (χ0) is 94.1. The van der Waals surface area contributed by atoms with Crippen molar-refractivity contribution in [2.45, 2.75) is 6.42 Å². The molecule has 0 heterocycles. The minimum atomic E-state index is -4.69. The molecule has 0 aliphatic heterocycles. The van der Waals surface area contributed by atoms with E-state index in [2.05, 4.69) is 127 Å². The monoisotopic (exact) mass is 2020 g/mol. The number of phenolic OH excluding ortho intramolecular Hbond substituents is 4. The van der Waals surface area contributed by atoms with E-state index in [0.29, 0.717) is 69.2 Å². The Morgan fingerprint density at radius 3 is 1.15 bits per heavy atom. The largest absolute Gasteiger partial charge is 0.524 e. The lowest BCUT2D eigenvalue weighted by Gasteiger charge is -2.14. The molecule has 0 fully saturated rings. The number of ether oxygens (including phenoxy) is 3. The summed E-state index contributed by atoms with van der Waals surface area (Å²) in [6.45, 7) is 0.222. The molecule has 0 aromatic heterocycles. The lowest BCUT2D eigenvalue weighted by Crippen LogP contribution is -2.08. The minimum Gasteiger partial charge on any atom is -0.507 e. The summed E-state index contributed by atoms with van der Waals surface area (Å²) >= 11 is 16.3. The molecule has 0 aliphatic carbocycles. The highest BCUT2D eigenvalue weighted by Crippen LogP contribution is 2.49. The number of esters is 1. The summed E-state index contributed by atoms with van der Waals surface area (Å²) in [5, 5.41) is 79.5. The fourth-order valence-electron chi connectivity index (χ4n) is 19.0. The van der Waals surface area contributed by atoms with Crippen LogP contribution in [-0.4, -0.2) is 74.1 Å². The molecular formula is C114H71BrClFIO16PS. The van der Waals surface area contributed by atoms with E-state index in [0.717, 1.165) is 167 Å². The molecule has 0 saturated heterocycles. The van der Waals surface area contributed by atoms with Gasteiger partial charge in [0, 0.05) is 116 Å². The summed E-state index contributed by atoms with van der Waals surface area (Å²) in [7, 11) is -4.69. The van der Waals surface area contributed by atoms with E-state index in [4.69, 9.17) is 30.9 Å². The van der Waals surface area contributed by atoms with Gasteiger partial charge in [0.25, 0.3) is 6.47 Å². The molecule has 136 heavy (non-hydrogen) atoms. The van der Waals surface area contributed by atoms with Gasteiger partial charge in [0.2, 0.25) is 6.79 Å². The van der Waals surface area contributed by atoms with Gasteiger partial charge in [-0.15, -0.1) is 0 Å². The molecule has 0 spiro atoms. The number of carbonyl (C=O) groups excluding carboxylic acids is 5. The molecule has 0 saturated carbocycles. The summed E-state index contributed by atoms with van der Waals surface area (Å²) < 4.78 is 47.3. The highest BCUT2D eigenvalue weighted by atomic mass is 127. The fraction of sp³-hybridized carbons (Fsp3) is 0.0263. The topological polar surface area (TPSA) is 261 Å². The zero-order valence-electron chi connectivity index (χ0n) is 71.3. The molecule has 26 aromatic rings. The van der Waals surface area contributed by atoms with Gasteiger partial charge in [-0.3, -0.25) is 33.8 Å². The van der Waals surface area contributed by atoms with Crippen LogP contribution in [0.4, 0.5) is 4.39 Å². The Labute approximate surface area is 804 Å². The highest BCUT2D eigenvalue weighted by Gasteiger charge is 2.24. The maximum Gasteiger partial charge on any atom is 0.524 e. The number of phenols is 4. The van der Waals surface area contributed by atoms with Crippen LogP contribution in [0.2, 0.25) is 5.02 Å². The quantitative estimate of drug-likeness (QED) is 0.00690. The molecule has 26 rings (SSSR count). The number of phosphoric ester groups is 1. The van der Waals surface area contributed by atoms with Gasteiger partial charge in [0.15, 0.2) is 18.9 Å². The Hall–Kier alpha value is -15.1. The minimum absolute atomic E-state index is 0.0913. The highest BCUT2D eigenvalue weighted by molar-refractivity contribution is 14.1. The molecule has 662 valence electrons. The Bertz CT molecular complexity index is 8410. The number of aromatic hydroxyl groups is 4. The molecule has 0 amide bonds. The van der Waals surface area contributed by atoms with Gasteiger partial charge in [-0.05, 0) is 220 Å². The van der Waals surface area contributed by atoms with E-state index in [1.54, 1.807) is 66.7 Å². The maximum absolute atomic E-state index is 13.9. The number of hydrogen-bond donors (Lipinski definition) is 7. The van der Waals surface area contributed by atoms with Gasteiger partial charge in [0.1, 0.15) is 46.1 Å². The third-order valence-corrected chi connectivity index (χ3v) is 27.7. The first-order valence-corrected chi connectivity index (χ1v) is 47.2. The average molecular weight is 2020 g/mol. The van der Waals surface area contributed by atoms with Gasteiger partial charge >= 0.3 is 13.8 Å². The van der Waals surface area contributed by atoms with Crippen molar-refractivity contribution in [3.63, 3.8) is 0 Å². The molecule has 0 bridgehead atoms. The van der Waals surface area contributed by atoms with Crippen molar-refractivity contribution < 1.29 is 81.9 Å². The van der Waals surface area contributed by atoms with Crippen molar-refractivity contribution in [2.75, 3.05) is 12.5 Å². The van der Waals surface area contributed by atoms with Crippen LogP contribution in [0.5, 0.6) is 40.2 Å². The first-order chi connectivity index (χ1) is 66.1. The number of halogens is 4. The van der Waals surface area contributed by atoms with Gasteiger partial charge in [0.05, 0.1) is 12.0 Å². The van der Waals surface area contributed by atoms with Crippen molar-refractivity contribution in [1.29, 1.82) is 0 Å². The van der Waals surface area contributed by atoms with Gasteiger partial charge in [-0.2, -0.15) is 12.6 Å². The van der Waals surface area contributed by atoms with Crippen LogP contribution in [0.15, 0.2) is 332 Å². The number of benzene rings is 26. The molecular weight excluding hydrogens is 1950 g/mol. The van der Waals surface area contributed by atoms with Crippen LogP contribution in [0, 0.1) is 9.39 Å². The van der Waals surface area contributed by atoms with Gasteiger partial charge < -0.3 is 39.2 Å². The number of fused-ring (bicyclic) bond motifs is 1. The lowest BCUT2D eigenvalue weighted by atomic mass is 9.92. The van der Waals surface area contributed by atoms with E-state index in [1.165, 1.54) is 64.2 Å². The smallest absolute Gasteiger partial charge is 0.507 e. The standard InChI is InChI=1S/C20H14O3S.C19H12O4.C16H9BrO.C16H9ClO.C16H9FO.C16H9IO.C11H9O5P/c21-11-14-2-1-12-4-7-16-17(23-18(22)9-10-24)8-5-13-3-6-15(14)19(12)20(13)16;20-9-14-2-1-12-4-7-16-17(23-11-22-10-21)8-5-13-3-6-15(14)18(12)19(13)16;4*17-13-7-3-9-2-6-12-14(18)8-4-10-1-5-11(13)15(9)16(10)12;12-7-9-6-5-8-3-1-2-4-10(8)11(9)16-17(13,14)15/h1-8,11,24H,9-10H2;1-10H,11H2;4*1-8,18H;1-7H,(H2,13,14,15). The van der Waals surface area contributed by atoms with Crippen molar-refractivity contribution >= 4 is 307 Å². The number of thiol groups is 1. The summed E-state index contributed by atoms with van der Waals surface area (Å²) in [6.07, 6.45) is 2.51. The average Bonchev–Trinajstić information content (AvgIpc) is 0.758. The maximum atomic E-state index is 13.9. The van der Waals surface area contributed by atoms with Crippen LogP contribution < -0.4 is 14.0 Å². The molecule has 0 radical (unpaired) electrons. The molecule has 0 aliphatic rings. The molecule has 26 aromatic carbocycles. The van der Waals surface area contributed by atoms with E-state index >= 15 is 0 Å². The van der Waals surface area contributed by atoms with Crippen LogP contribution in [-0.2, 0) is 18.9 Å². The number of rotatable bonds is 12. The first-order valence-electron chi connectivity index (χ1n) is 42.8. The molecule has 16 nitrogen and oxygen atoms in total. The van der Waals surface area contributed by atoms with Crippen molar-refractivity contribution in [3.05, 3.63) is 363 Å². The van der Waals surface area contributed by atoms with E-state index in [-0.39, 0.29) is 42.1 Å². The van der Waals surface area contributed by atoms with Crippen LogP contribution >= 0.6 is 70.6 Å². The van der Waals surface area contributed by atoms with Crippen LogP contribution in [0.1, 0.15) is 37.5 Å². The lowest BCUT2D eigenvalue weighted by molar-refractivity contribution is -0.135. The number of carbonyl (C=O) groups is 5. The zero-order valence-corrected chi connectivity index (χ0v) is 77.6. The third-order valence-electron chi connectivity index (χ3n) is 25.1. The van der Waals surface area contributed by atoms with E-state index < -0.39 is 7.82 Å². The molecule has 6 N–H and O–H groups in total. The normalized spacial score (nSPS) is 11.6. The second-order valence-electron chi connectivity index (χ2n) is 32.6. The van der Waals surface area contributed by atoms with Crippen molar-refractivity contribution in [2.24, 2.45) is 0 Å². The number of phosphoric acid groups is 1. The van der Waals surface area contributed by atoms with E-state index in [1.807, 2.05) is 182 Å². The summed E-state index contributed by atoms with van der Waals surface area (Å²) in [5.74, 6) is 2.28. The fourth-order valence-corrected chi connectivity index (χ4v) is 20.9. The number of aldehydes is 3. The second kappa shape index (κ2) is 36.7. The predicted molar refractivity (Wildman–Crippen MR) is 562 cm³/mol. The molecule has 0 unspecified atom stereocenters. The SMILES string of the molecule is O=COCOc1ccc2ccc3c(C=O)ccc4ccc1c2c43.O=Cc1ccc2ccc3c(OC(=O)CCS)ccc4ccc1c2c43.O=Cc1ccc2ccccc2c1OP(=O)(O)O.Oc1ccc2ccc3c(Br)ccc4ccc1c2c43.Oc1ccc2ccc3c(Cl)ccc4ccc1c2c43.Oc1ccc2ccc3c(F)ccc4ccc1c2c43.Oc1ccc2ccc3c(I)ccc4ccc1c2c43. The summed E-state index contributed by atoms with van der Waals surface area (Å²) in [4.78, 5) is 73.3. The van der Waals surface area contributed by atoms with Crippen LogP contribution in [0.3, 0.4) is 0 Å². The van der Waals surface area contributed by atoms with E-state index in [9.17, 15) is 53.4 Å². The van der Waals surface area contributed by atoms with Crippen LogP contribution in [0.25, 0.3) is 205 Å². The van der Waals surface area contributed by atoms with Gasteiger partial charge in [-0.1, -0.05) is 276 Å². The summed E-state index contributed by atoms with van der Waals surface area (Å²) in [6, 6.07) is 104. The van der Waals surface area contributed by atoms with Crippen molar-refractivity contribution in [1.82, 2.24) is 0 Å². The third kappa shape index (κ3) is 16.2. The van der Waals surface area contributed by atoms with Crippen molar-refractivity contribution in [3.8, 4) is 40.2 Å². The Kier molecular flexibility index (Phi) is 24.0. The predicted octanol–water partition coefficient (Wildman–Crippen LogP) is 30.0. The molecule has 0 atom stereocenters. The Morgan fingerprint density at radius 2 is 0.676 bits per heavy atom. The number of hydrogen-bond acceptors (Lipinski definition) is 15. The summed E-state index contributed by atoms with van der Waals surface area (Å²) in [5.41, 5.74) is 1.43. The Morgan fingerprint density at radius 1 is 0.353 bits per heavy atom.